The highest BCUT2D eigenvalue weighted by Gasteiger charge is 2.17. The van der Waals surface area contributed by atoms with E-state index in [-0.39, 0.29) is 4.90 Å². The molecule has 0 aliphatic rings. The number of benzene rings is 2. The number of nitrogens with one attached hydrogen (secondary N) is 1. The van der Waals surface area contributed by atoms with Crippen LogP contribution in [-0.2, 0) is 24.3 Å². The van der Waals surface area contributed by atoms with Gasteiger partial charge < -0.3 is 10.1 Å². The van der Waals surface area contributed by atoms with E-state index in [1.807, 2.05) is 30.3 Å². The third-order valence-corrected chi connectivity index (χ3v) is 5.26. The maximum absolute atomic E-state index is 12.1. The number of nitrogens with zero attached hydrogens (tertiary/aromatic N) is 1. The Kier molecular flexibility index (Phi) is 6.86. The molecule has 1 amide bonds. The molecule has 142 valence electrons. The molecule has 0 heterocycles. The molecule has 2 aromatic rings. The van der Waals surface area contributed by atoms with Gasteiger partial charge >= 0.3 is 5.97 Å². The third-order valence-electron chi connectivity index (χ3n) is 3.45. The van der Waals surface area contributed by atoms with E-state index in [0.29, 0.717) is 5.69 Å². The number of hydrogen-bond acceptors (Lipinski definition) is 5. The molecular formula is C19H20N2O5S. The molecular weight excluding hydrogens is 368 g/mol. The van der Waals surface area contributed by atoms with Crippen LogP contribution in [-0.4, -0.2) is 45.3 Å². The molecule has 0 aliphatic heterocycles. The normalized spacial score (nSPS) is 11.5. The minimum Gasteiger partial charge on any atom is -0.452 e. The Morgan fingerprint density at radius 2 is 1.78 bits per heavy atom. The van der Waals surface area contributed by atoms with E-state index in [1.54, 1.807) is 12.1 Å². The fourth-order valence-corrected chi connectivity index (χ4v) is 3.00. The van der Waals surface area contributed by atoms with Gasteiger partial charge in [-0.05, 0) is 29.8 Å². The Hall–Kier alpha value is -2.97. The molecule has 0 spiro atoms. The summed E-state index contributed by atoms with van der Waals surface area (Å²) < 4.78 is 30.2. The maximum atomic E-state index is 12.1. The number of ether oxygens (including phenoxy) is 1. The zero-order valence-corrected chi connectivity index (χ0v) is 15.8. The van der Waals surface area contributed by atoms with Gasteiger partial charge in [-0.3, -0.25) is 4.79 Å². The van der Waals surface area contributed by atoms with Gasteiger partial charge in [0.15, 0.2) is 6.61 Å². The van der Waals surface area contributed by atoms with Crippen molar-refractivity contribution < 1.29 is 22.7 Å². The number of rotatable bonds is 7. The van der Waals surface area contributed by atoms with Crippen molar-refractivity contribution in [2.24, 2.45) is 0 Å². The van der Waals surface area contributed by atoms with Crippen molar-refractivity contribution in [1.29, 1.82) is 0 Å². The highest BCUT2D eigenvalue weighted by Crippen LogP contribution is 2.17. The van der Waals surface area contributed by atoms with E-state index >= 15 is 0 Å². The van der Waals surface area contributed by atoms with Gasteiger partial charge in [0, 0.05) is 25.9 Å². The van der Waals surface area contributed by atoms with Gasteiger partial charge in [-0.15, -0.1) is 0 Å². The molecule has 0 radical (unpaired) electrons. The van der Waals surface area contributed by atoms with Crippen molar-refractivity contribution in [3.05, 3.63) is 66.2 Å². The Morgan fingerprint density at radius 3 is 2.44 bits per heavy atom. The lowest BCUT2D eigenvalue weighted by Crippen LogP contribution is -2.23. The van der Waals surface area contributed by atoms with Gasteiger partial charge in [-0.1, -0.05) is 36.4 Å². The lowest BCUT2D eigenvalue weighted by atomic mass is 10.2. The van der Waals surface area contributed by atoms with Crippen molar-refractivity contribution in [3.8, 4) is 0 Å². The van der Waals surface area contributed by atoms with Crippen molar-refractivity contribution in [2.75, 3.05) is 26.0 Å². The van der Waals surface area contributed by atoms with Crippen LogP contribution < -0.4 is 5.32 Å². The molecule has 0 saturated heterocycles. The summed E-state index contributed by atoms with van der Waals surface area (Å²) in [5, 5.41) is 2.50. The van der Waals surface area contributed by atoms with Gasteiger partial charge in [0.2, 0.25) is 10.0 Å². The first-order chi connectivity index (χ1) is 12.8. The smallest absolute Gasteiger partial charge is 0.331 e. The molecule has 0 fully saturated rings. The van der Waals surface area contributed by atoms with Gasteiger partial charge in [0.05, 0.1) is 4.90 Å². The lowest BCUT2D eigenvalue weighted by molar-refractivity contribution is -0.142. The molecule has 0 bridgehead atoms. The molecule has 0 saturated carbocycles. The summed E-state index contributed by atoms with van der Waals surface area (Å²) in [6.07, 6.45) is 2.81. The summed E-state index contributed by atoms with van der Waals surface area (Å²) >= 11 is 0. The average Bonchev–Trinajstić information content (AvgIpc) is 2.65. The number of carbonyl (C=O) groups excluding carboxylic acids is 2. The molecule has 0 atom stereocenters. The predicted octanol–water partition coefficient (Wildman–Crippen LogP) is 2.13. The summed E-state index contributed by atoms with van der Waals surface area (Å²) in [4.78, 5) is 23.6. The second-order valence-electron chi connectivity index (χ2n) is 5.72. The number of esters is 1. The van der Waals surface area contributed by atoms with E-state index < -0.39 is 28.5 Å². The first kappa shape index (κ1) is 20.3. The quantitative estimate of drug-likeness (QED) is 0.579. The Bertz CT molecular complexity index is 938. The minimum absolute atomic E-state index is 0.0492. The Labute approximate surface area is 158 Å². The van der Waals surface area contributed by atoms with Crippen LogP contribution in [0.4, 0.5) is 5.69 Å². The SMILES string of the molecule is CN(C)S(=O)(=O)c1cccc(NC(=O)COC(=O)/C=C/c2ccccc2)c1. The summed E-state index contributed by atoms with van der Waals surface area (Å²) in [5.41, 5.74) is 1.12. The summed E-state index contributed by atoms with van der Waals surface area (Å²) in [5.74, 6) is -1.23. The van der Waals surface area contributed by atoms with Gasteiger partial charge in [0.25, 0.3) is 5.91 Å². The number of carbonyl (C=O) groups is 2. The summed E-state index contributed by atoms with van der Waals surface area (Å²) in [6, 6.07) is 15.0. The highest BCUT2D eigenvalue weighted by molar-refractivity contribution is 7.89. The summed E-state index contributed by atoms with van der Waals surface area (Å²) in [6.45, 7) is -0.484. The fourth-order valence-electron chi connectivity index (χ4n) is 2.06. The van der Waals surface area contributed by atoms with Crippen molar-refractivity contribution in [1.82, 2.24) is 4.31 Å². The zero-order valence-electron chi connectivity index (χ0n) is 15.0. The monoisotopic (exact) mass is 388 g/mol. The second-order valence-corrected chi connectivity index (χ2v) is 7.87. The van der Waals surface area contributed by atoms with Crippen LogP contribution in [0.1, 0.15) is 5.56 Å². The molecule has 0 aromatic heterocycles. The van der Waals surface area contributed by atoms with E-state index in [0.717, 1.165) is 9.87 Å². The molecule has 2 rings (SSSR count). The van der Waals surface area contributed by atoms with Gasteiger partial charge in [0.1, 0.15) is 0 Å². The van der Waals surface area contributed by atoms with E-state index in [2.05, 4.69) is 5.32 Å². The number of sulfonamides is 1. The number of anilines is 1. The first-order valence-electron chi connectivity index (χ1n) is 8.01. The standard InChI is InChI=1S/C19H20N2O5S/c1-21(2)27(24,25)17-10-6-9-16(13-17)20-18(22)14-26-19(23)12-11-15-7-4-3-5-8-15/h3-13H,14H2,1-2H3,(H,20,22)/b12-11+. The lowest BCUT2D eigenvalue weighted by Gasteiger charge is -2.12. The molecule has 0 unspecified atom stereocenters. The van der Waals surface area contributed by atoms with Crippen LogP contribution in [0.5, 0.6) is 0 Å². The van der Waals surface area contributed by atoms with E-state index in [4.69, 9.17) is 4.74 Å². The van der Waals surface area contributed by atoms with E-state index in [9.17, 15) is 18.0 Å². The zero-order chi connectivity index (χ0) is 19.9. The van der Waals surface area contributed by atoms with Crippen molar-refractivity contribution >= 4 is 33.7 Å². The topological polar surface area (TPSA) is 92.8 Å². The van der Waals surface area contributed by atoms with Crippen LogP contribution in [0.3, 0.4) is 0 Å². The van der Waals surface area contributed by atoms with Crippen molar-refractivity contribution in [3.63, 3.8) is 0 Å². The van der Waals surface area contributed by atoms with Crippen LogP contribution >= 0.6 is 0 Å². The second kappa shape index (κ2) is 9.11. The van der Waals surface area contributed by atoms with Crippen LogP contribution in [0.25, 0.3) is 6.08 Å². The molecule has 0 aliphatic carbocycles. The molecule has 27 heavy (non-hydrogen) atoms. The van der Waals surface area contributed by atoms with Crippen LogP contribution in [0.2, 0.25) is 0 Å². The Morgan fingerprint density at radius 1 is 1.07 bits per heavy atom. The highest BCUT2D eigenvalue weighted by atomic mass is 32.2. The van der Waals surface area contributed by atoms with Crippen LogP contribution in [0, 0.1) is 0 Å². The Balaban J connectivity index is 1.91. The minimum atomic E-state index is -3.61. The van der Waals surface area contributed by atoms with Gasteiger partial charge in [-0.2, -0.15) is 0 Å². The van der Waals surface area contributed by atoms with Crippen molar-refractivity contribution in [2.45, 2.75) is 4.90 Å². The molecule has 8 heteroatoms. The number of amides is 1. The third kappa shape index (κ3) is 6.05. The maximum Gasteiger partial charge on any atom is 0.331 e. The molecule has 1 N–H and O–H groups in total. The van der Waals surface area contributed by atoms with Crippen LogP contribution in [0.15, 0.2) is 65.6 Å². The van der Waals surface area contributed by atoms with Gasteiger partial charge in [-0.25, -0.2) is 17.5 Å². The molecule has 2 aromatic carbocycles. The fraction of sp³-hybridized carbons (Fsp3) is 0.158. The number of hydrogen-bond donors (Lipinski definition) is 1. The molecule has 7 nitrogen and oxygen atoms in total. The summed E-state index contributed by atoms with van der Waals surface area (Å²) in [7, 11) is -0.768. The first-order valence-corrected chi connectivity index (χ1v) is 9.45. The van der Waals surface area contributed by atoms with E-state index in [1.165, 1.54) is 38.4 Å². The average molecular weight is 388 g/mol. The largest absolute Gasteiger partial charge is 0.452 e. The predicted molar refractivity (Wildman–Crippen MR) is 102 cm³/mol.